The summed E-state index contributed by atoms with van der Waals surface area (Å²) in [6.07, 6.45) is 3.43. The minimum absolute atomic E-state index is 0.221. The maximum absolute atomic E-state index is 11.7. The minimum Gasteiger partial charge on any atom is -0.468 e. The number of amides is 1. The lowest BCUT2D eigenvalue weighted by Gasteiger charge is -2.26. The summed E-state index contributed by atoms with van der Waals surface area (Å²) in [5.74, 6) is 0.0828. The summed E-state index contributed by atoms with van der Waals surface area (Å²) in [7, 11) is 1.41. The average Bonchev–Trinajstić information content (AvgIpc) is 2.87. The quantitative estimate of drug-likeness (QED) is 0.735. The number of hydrogen-bond donors (Lipinski definition) is 2. The number of nitrogens with one attached hydrogen (secondary N) is 2. The van der Waals surface area contributed by atoms with Crippen molar-refractivity contribution >= 4 is 12.1 Å². The number of methoxy groups -OCH3 is 1. The Morgan fingerprint density at radius 2 is 1.95 bits per heavy atom. The first-order valence-corrected chi connectivity index (χ1v) is 8.07. The molecule has 0 radical (unpaired) electrons. The average molecular weight is 314 g/mol. The minimum atomic E-state index is -0.490. The molecule has 3 unspecified atom stereocenters. The van der Waals surface area contributed by atoms with E-state index in [1.807, 2.05) is 27.7 Å². The van der Waals surface area contributed by atoms with Crippen molar-refractivity contribution in [1.82, 2.24) is 10.6 Å². The van der Waals surface area contributed by atoms with Crippen LogP contribution < -0.4 is 10.6 Å². The van der Waals surface area contributed by atoms with Gasteiger partial charge in [-0.1, -0.05) is 13.3 Å². The van der Waals surface area contributed by atoms with E-state index in [4.69, 9.17) is 9.47 Å². The number of esters is 1. The van der Waals surface area contributed by atoms with Crippen LogP contribution in [0.5, 0.6) is 0 Å². The molecular weight excluding hydrogens is 284 g/mol. The monoisotopic (exact) mass is 314 g/mol. The number of carbonyl (C=O) groups excluding carboxylic acids is 2. The largest absolute Gasteiger partial charge is 0.468 e. The first-order valence-electron chi connectivity index (χ1n) is 8.07. The molecule has 22 heavy (non-hydrogen) atoms. The van der Waals surface area contributed by atoms with Crippen LogP contribution >= 0.6 is 0 Å². The third-order valence-corrected chi connectivity index (χ3v) is 3.88. The van der Waals surface area contributed by atoms with Crippen molar-refractivity contribution in [3.63, 3.8) is 0 Å². The highest BCUT2D eigenvalue weighted by Crippen LogP contribution is 2.26. The lowest BCUT2D eigenvalue weighted by atomic mass is 10.0. The lowest BCUT2D eigenvalue weighted by Crippen LogP contribution is -2.47. The van der Waals surface area contributed by atoms with Crippen LogP contribution in [-0.4, -0.2) is 43.4 Å². The van der Waals surface area contributed by atoms with E-state index >= 15 is 0 Å². The van der Waals surface area contributed by atoms with Crippen LogP contribution in [0.4, 0.5) is 4.79 Å². The summed E-state index contributed by atoms with van der Waals surface area (Å²) in [5, 5.41) is 6.20. The molecule has 1 amide bonds. The first kappa shape index (κ1) is 18.7. The maximum Gasteiger partial charge on any atom is 0.407 e. The van der Waals surface area contributed by atoms with Gasteiger partial charge >= 0.3 is 12.1 Å². The van der Waals surface area contributed by atoms with E-state index in [0.29, 0.717) is 18.9 Å². The molecule has 128 valence electrons. The summed E-state index contributed by atoms with van der Waals surface area (Å²) >= 11 is 0. The Morgan fingerprint density at radius 3 is 2.50 bits per heavy atom. The van der Waals surface area contributed by atoms with E-state index in [-0.39, 0.29) is 18.1 Å². The zero-order valence-electron chi connectivity index (χ0n) is 14.4. The molecule has 0 aromatic rings. The Balaban J connectivity index is 2.46. The molecule has 3 atom stereocenters. The third kappa shape index (κ3) is 6.22. The molecule has 1 aliphatic carbocycles. The van der Waals surface area contributed by atoms with Gasteiger partial charge in [0.15, 0.2) is 0 Å². The summed E-state index contributed by atoms with van der Waals surface area (Å²) < 4.78 is 10.1. The predicted octanol–water partition coefficient (Wildman–Crippen LogP) is 2.22. The van der Waals surface area contributed by atoms with Crippen LogP contribution in [0.25, 0.3) is 0 Å². The van der Waals surface area contributed by atoms with Crippen LogP contribution in [0.2, 0.25) is 0 Å². The topological polar surface area (TPSA) is 76.7 Å². The molecule has 0 aromatic carbocycles. The van der Waals surface area contributed by atoms with E-state index in [0.717, 1.165) is 19.3 Å². The normalized spacial score (nSPS) is 23.0. The van der Waals surface area contributed by atoms with Gasteiger partial charge in [-0.3, -0.25) is 4.79 Å². The van der Waals surface area contributed by atoms with Gasteiger partial charge in [-0.05, 0) is 46.0 Å². The second kappa shape index (κ2) is 8.36. The van der Waals surface area contributed by atoms with Crippen LogP contribution in [0.1, 0.15) is 53.4 Å². The van der Waals surface area contributed by atoms with Crippen molar-refractivity contribution in [2.45, 2.75) is 71.1 Å². The Kier molecular flexibility index (Phi) is 7.13. The maximum atomic E-state index is 11.7. The van der Waals surface area contributed by atoms with E-state index < -0.39 is 11.7 Å². The molecule has 6 heteroatoms. The van der Waals surface area contributed by atoms with Gasteiger partial charge in [0.2, 0.25) is 0 Å². The number of hydrogen-bond acceptors (Lipinski definition) is 5. The van der Waals surface area contributed by atoms with Crippen LogP contribution in [-0.2, 0) is 14.3 Å². The summed E-state index contributed by atoms with van der Waals surface area (Å²) in [4.78, 5) is 23.4. The van der Waals surface area contributed by atoms with Gasteiger partial charge < -0.3 is 20.1 Å². The zero-order chi connectivity index (χ0) is 16.8. The molecule has 1 saturated carbocycles. The Hall–Kier alpha value is -1.30. The van der Waals surface area contributed by atoms with Gasteiger partial charge in [0, 0.05) is 12.6 Å². The van der Waals surface area contributed by atoms with E-state index in [9.17, 15) is 9.59 Å². The molecule has 2 N–H and O–H groups in total. The van der Waals surface area contributed by atoms with Crippen LogP contribution in [0.3, 0.4) is 0 Å². The van der Waals surface area contributed by atoms with Crippen molar-refractivity contribution < 1.29 is 19.1 Å². The smallest absolute Gasteiger partial charge is 0.407 e. The Morgan fingerprint density at radius 1 is 1.27 bits per heavy atom. The number of alkyl carbamates (subject to hydrolysis) is 1. The molecule has 6 nitrogen and oxygen atoms in total. The predicted molar refractivity (Wildman–Crippen MR) is 84.6 cm³/mol. The second-order valence-corrected chi connectivity index (χ2v) is 6.83. The molecule has 0 bridgehead atoms. The second-order valence-electron chi connectivity index (χ2n) is 6.83. The summed E-state index contributed by atoms with van der Waals surface area (Å²) in [6, 6.07) is -0.0592. The van der Waals surface area contributed by atoms with Crippen molar-refractivity contribution in [2.75, 3.05) is 13.7 Å². The molecule has 0 saturated heterocycles. The molecule has 1 aliphatic rings. The first-order chi connectivity index (χ1) is 10.3. The van der Waals surface area contributed by atoms with Gasteiger partial charge in [-0.15, -0.1) is 0 Å². The molecule has 1 fully saturated rings. The highest BCUT2D eigenvalue weighted by molar-refractivity contribution is 5.75. The fourth-order valence-corrected chi connectivity index (χ4v) is 2.78. The van der Waals surface area contributed by atoms with Gasteiger partial charge in [-0.25, -0.2) is 4.79 Å². The molecule has 0 spiro atoms. The fraction of sp³-hybridized carbons (Fsp3) is 0.875. The molecule has 1 rings (SSSR count). The van der Waals surface area contributed by atoms with Gasteiger partial charge in [0.25, 0.3) is 0 Å². The molecular formula is C16H30N2O4. The summed E-state index contributed by atoms with van der Waals surface area (Å²) in [6.45, 7) is 8.04. The fourth-order valence-electron chi connectivity index (χ4n) is 2.78. The Labute approximate surface area is 133 Å². The highest BCUT2D eigenvalue weighted by atomic mass is 16.6. The zero-order valence-corrected chi connectivity index (χ0v) is 14.4. The summed E-state index contributed by atoms with van der Waals surface area (Å²) in [5.41, 5.74) is -0.490. The Bertz CT molecular complexity index is 379. The van der Waals surface area contributed by atoms with E-state index in [2.05, 4.69) is 10.6 Å². The van der Waals surface area contributed by atoms with Crippen molar-refractivity contribution in [3.05, 3.63) is 0 Å². The van der Waals surface area contributed by atoms with Crippen molar-refractivity contribution in [3.8, 4) is 0 Å². The highest BCUT2D eigenvalue weighted by Gasteiger charge is 2.31. The van der Waals surface area contributed by atoms with Gasteiger partial charge in [-0.2, -0.15) is 0 Å². The number of carbonyl (C=O) groups is 2. The number of rotatable bonds is 6. The SMILES string of the molecule is CCC(NC1CCCC1CNC(=O)OC(C)(C)C)C(=O)OC. The standard InChI is InChI=1S/C16H30N2O4/c1-6-12(14(19)21-5)18-13-9-7-8-11(13)10-17-15(20)22-16(2,3)4/h11-13,18H,6-10H2,1-5H3,(H,17,20). The van der Waals surface area contributed by atoms with Gasteiger partial charge in [0.05, 0.1) is 7.11 Å². The third-order valence-electron chi connectivity index (χ3n) is 3.88. The van der Waals surface area contributed by atoms with Crippen molar-refractivity contribution in [2.24, 2.45) is 5.92 Å². The van der Waals surface area contributed by atoms with E-state index in [1.54, 1.807) is 0 Å². The van der Waals surface area contributed by atoms with E-state index in [1.165, 1.54) is 7.11 Å². The number of ether oxygens (including phenoxy) is 2. The van der Waals surface area contributed by atoms with Crippen molar-refractivity contribution in [1.29, 1.82) is 0 Å². The molecule has 0 aliphatic heterocycles. The van der Waals surface area contributed by atoms with Crippen LogP contribution in [0.15, 0.2) is 0 Å². The van der Waals surface area contributed by atoms with Crippen LogP contribution in [0, 0.1) is 5.92 Å². The van der Waals surface area contributed by atoms with Gasteiger partial charge in [0.1, 0.15) is 11.6 Å². The molecule has 0 aromatic heterocycles. The molecule has 0 heterocycles. The lowest BCUT2D eigenvalue weighted by molar-refractivity contribution is -0.143.